The summed E-state index contributed by atoms with van der Waals surface area (Å²) in [6.45, 7) is 7.99. The number of carbonyl (C=O) groups excluding carboxylic acids is 1. The Morgan fingerprint density at radius 2 is 1.92 bits per heavy atom. The highest BCUT2D eigenvalue weighted by Gasteiger charge is 2.46. The summed E-state index contributed by atoms with van der Waals surface area (Å²) in [6.07, 6.45) is 3.90. The molecule has 0 heterocycles. The maximum atomic E-state index is 11.7. The molecule has 0 spiro atoms. The minimum absolute atomic E-state index is 0.0330. The van der Waals surface area contributed by atoms with Gasteiger partial charge in [0, 0.05) is 0 Å². The molecule has 0 aliphatic heterocycles. The van der Waals surface area contributed by atoms with Crippen LogP contribution < -0.4 is 0 Å². The van der Waals surface area contributed by atoms with Crippen molar-refractivity contribution in [1.29, 1.82) is 0 Å². The highest BCUT2D eigenvalue weighted by Crippen LogP contribution is 2.44. The standard InChI is InChI=1S/C11H20O2/c1-5-10(3,4)9(12)13-11(6-2)7-8-11/h5-8H2,1-4H3. The molecule has 1 aliphatic carbocycles. The summed E-state index contributed by atoms with van der Waals surface area (Å²) in [6, 6.07) is 0. The lowest BCUT2D eigenvalue weighted by molar-refractivity contribution is -0.162. The Kier molecular flexibility index (Phi) is 2.69. The first-order valence-corrected chi connectivity index (χ1v) is 5.19. The fraction of sp³-hybridized carbons (Fsp3) is 0.909. The Balaban J connectivity index is 2.50. The van der Waals surface area contributed by atoms with Crippen LogP contribution in [0.1, 0.15) is 53.4 Å². The third-order valence-corrected chi connectivity index (χ3v) is 3.20. The molecule has 2 heteroatoms. The van der Waals surface area contributed by atoms with Crippen LogP contribution in [0.2, 0.25) is 0 Å². The molecule has 0 aromatic rings. The molecule has 1 saturated carbocycles. The third-order valence-electron chi connectivity index (χ3n) is 3.20. The normalized spacial score (nSPS) is 19.7. The van der Waals surface area contributed by atoms with Crippen LogP contribution in [0.5, 0.6) is 0 Å². The van der Waals surface area contributed by atoms with Gasteiger partial charge in [-0.1, -0.05) is 13.8 Å². The molecule has 1 rings (SSSR count). The van der Waals surface area contributed by atoms with Gasteiger partial charge in [0.25, 0.3) is 0 Å². The summed E-state index contributed by atoms with van der Waals surface area (Å²) < 4.78 is 5.51. The largest absolute Gasteiger partial charge is 0.459 e. The number of ether oxygens (including phenoxy) is 1. The van der Waals surface area contributed by atoms with Crippen LogP contribution in [-0.4, -0.2) is 11.6 Å². The molecule has 2 nitrogen and oxygen atoms in total. The summed E-state index contributed by atoms with van der Waals surface area (Å²) in [5.41, 5.74) is -0.395. The minimum Gasteiger partial charge on any atom is -0.459 e. The van der Waals surface area contributed by atoms with Crippen LogP contribution >= 0.6 is 0 Å². The van der Waals surface area contributed by atoms with E-state index in [4.69, 9.17) is 4.74 Å². The zero-order valence-corrected chi connectivity index (χ0v) is 9.14. The Morgan fingerprint density at radius 3 is 2.23 bits per heavy atom. The van der Waals surface area contributed by atoms with Gasteiger partial charge in [0.05, 0.1) is 5.41 Å². The predicted octanol–water partition coefficient (Wildman–Crippen LogP) is 2.91. The fourth-order valence-corrected chi connectivity index (χ4v) is 1.15. The lowest BCUT2D eigenvalue weighted by atomic mass is 9.90. The van der Waals surface area contributed by atoms with E-state index >= 15 is 0 Å². The molecule has 0 amide bonds. The van der Waals surface area contributed by atoms with Gasteiger partial charge in [-0.05, 0) is 39.5 Å². The molecule has 1 aliphatic rings. The summed E-state index contributed by atoms with van der Waals surface area (Å²) in [7, 11) is 0. The Hall–Kier alpha value is -0.530. The van der Waals surface area contributed by atoms with Crippen LogP contribution in [-0.2, 0) is 9.53 Å². The van der Waals surface area contributed by atoms with Gasteiger partial charge in [-0.15, -0.1) is 0 Å². The molecule has 0 N–H and O–H groups in total. The Labute approximate surface area is 80.7 Å². The van der Waals surface area contributed by atoms with Crippen molar-refractivity contribution in [3.05, 3.63) is 0 Å². The lowest BCUT2D eigenvalue weighted by Gasteiger charge is -2.24. The number of hydrogen-bond acceptors (Lipinski definition) is 2. The molecule has 0 atom stereocenters. The molecule has 0 saturated heterocycles. The van der Waals surface area contributed by atoms with Crippen molar-refractivity contribution in [1.82, 2.24) is 0 Å². The third kappa shape index (κ3) is 2.23. The second kappa shape index (κ2) is 3.32. The molecule has 0 bridgehead atoms. The molecule has 0 aromatic heterocycles. The second-order valence-electron chi connectivity index (χ2n) is 4.66. The number of hydrogen-bond donors (Lipinski definition) is 0. The van der Waals surface area contributed by atoms with Gasteiger partial charge < -0.3 is 4.74 Å². The van der Waals surface area contributed by atoms with E-state index in [1.54, 1.807) is 0 Å². The molecule has 13 heavy (non-hydrogen) atoms. The summed E-state index contributed by atoms with van der Waals surface area (Å²) in [5.74, 6) is -0.0330. The van der Waals surface area contributed by atoms with E-state index in [0.717, 1.165) is 25.7 Å². The van der Waals surface area contributed by atoms with Crippen LogP contribution in [0.3, 0.4) is 0 Å². The topological polar surface area (TPSA) is 26.3 Å². The van der Waals surface area contributed by atoms with Gasteiger partial charge in [0.2, 0.25) is 0 Å². The second-order valence-corrected chi connectivity index (χ2v) is 4.66. The first-order valence-electron chi connectivity index (χ1n) is 5.19. The first kappa shape index (κ1) is 10.6. The molecular weight excluding hydrogens is 164 g/mol. The van der Waals surface area contributed by atoms with Crippen LogP contribution in [0.4, 0.5) is 0 Å². The Morgan fingerprint density at radius 1 is 1.38 bits per heavy atom. The van der Waals surface area contributed by atoms with Crippen LogP contribution in [0.15, 0.2) is 0 Å². The number of esters is 1. The van der Waals surface area contributed by atoms with E-state index in [1.807, 2.05) is 20.8 Å². The SMILES string of the molecule is CCC1(OC(=O)C(C)(C)CC)CC1. The van der Waals surface area contributed by atoms with Crippen molar-refractivity contribution in [2.75, 3.05) is 0 Å². The summed E-state index contributed by atoms with van der Waals surface area (Å²) in [4.78, 5) is 11.7. The first-order chi connectivity index (χ1) is 5.96. The molecular formula is C11H20O2. The minimum atomic E-state index is -0.315. The monoisotopic (exact) mass is 184 g/mol. The maximum absolute atomic E-state index is 11.7. The smallest absolute Gasteiger partial charge is 0.312 e. The van der Waals surface area contributed by atoms with Gasteiger partial charge >= 0.3 is 5.97 Å². The van der Waals surface area contributed by atoms with Crippen molar-refractivity contribution in [3.8, 4) is 0 Å². The van der Waals surface area contributed by atoms with Crippen molar-refractivity contribution >= 4 is 5.97 Å². The summed E-state index contributed by atoms with van der Waals surface area (Å²) >= 11 is 0. The van der Waals surface area contributed by atoms with E-state index < -0.39 is 0 Å². The van der Waals surface area contributed by atoms with Gasteiger partial charge in [-0.3, -0.25) is 4.79 Å². The zero-order valence-electron chi connectivity index (χ0n) is 9.14. The van der Waals surface area contributed by atoms with Gasteiger partial charge in [0.15, 0.2) is 0 Å². The van der Waals surface area contributed by atoms with E-state index in [-0.39, 0.29) is 17.0 Å². The maximum Gasteiger partial charge on any atom is 0.312 e. The zero-order chi connectivity index (χ0) is 10.1. The summed E-state index contributed by atoms with van der Waals surface area (Å²) in [5, 5.41) is 0. The van der Waals surface area contributed by atoms with E-state index in [1.165, 1.54) is 0 Å². The lowest BCUT2D eigenvalue weighted by Crippen LogP contribution is -2.30. The fourth-order valence-electron chi connectivity index (χ4n) is 1.15. The van der Waals surface area contributed by atoms with Gasteiger partial charge in [-0.25, -0.2) is 0 Å². The number of rotatable bonds is 4. The van der Waals surface area contributed by atoms with E-state index in [9.17, 15) is 4.79 Å². The molecule has 0 aromatic carbocycles. The van der Waals surface area contributed by atoms with Crippen molar-refractivity contribution < 1.29 is 9.53 Å². The van der Waals surface area contributed by atoms with Gasteiger partial charge in [-0.2, -0.15) is 0 Å². The van der Waals surface area contributed by atoms with Crippen LogP contribution in [0.25, 0.3) is 0 Å². The molecule has 76 valence electrons. The van der Waals surface area contributed by atoms with Crippen molar-refractivity contribution in [2.24, 2.45) is 5.41 Å². The van der Waals surface area contributed by atoms with E-state index in [0.29, 0.717) is 0 Å². The van der Waals surface area contributed by atoms with E-state index in [2.05, 4.69) is 6.92 Å². The van der Waals surface area contributed by atoms with Crippen molar-refractivity contribution in [3.63, 3.8) is 0 Å². The number of carbonyl (C=O) groups is 1. The predicted molar refractivity (Wildman–Crippen MR) is 52.4 cm³/mol. The van der Waals surface area contributed by atoms with Crippen LogP contribution in [0, 0.1) is 5.41 Å². The molecule has 0 radical (unpaired) electrons. The highest BCUT2D eigenvalue weighted by molar-refractivity contribution is 5.76. The van der Waals surface area contributed by atoms with Gasteiger partial charge in [0.1, 0.15) is 5.60 Å². The quantitative estimate of drug-likeness (QED) is 0.628. The molecule has 1 fully saturated rings. The highest BCUT2D eigenvalue weighted by atomic mass is 16.6. The average molecular weight is 184 g/mol. The average Bonchev–Trinajstić information content (AvgIpc) is 2.85. The Bertz CT molecular complexity index is 202. The molecule has 0 unspecified atom stereocenters. The van der Waals surface area contributed by atoms with Crippen molar-refractivity contribution in [2.45, 2.75) is 59.0 Å².